The molecule has 1 atom stereocenters. The van der Waals surface area contributed by atoms with E-state index in [1.165, 1.54) is 6.21 Å². The Hall–Kier alpha value is -0.243. The molecule has 0 aliphatic heterocycles. The van der Waals surface area contributed by atoms with Crippen LogP contribution in [0, 0.1) is 5.82 Å². The number of hydrogen-bond acceptors (Lipinski definition) is 3. The molecule has 0 saturated carbocycles. The molecule has 0 radical (unpaired) electrons. The maximum absolute atomic E-state index is 15.1. The van der Waals surface area contributed by atoms with Crippen molar-refractivity contribution in [3.05, 3.63) is 22.2 Å². The Morgan fingerprint density at radius 1 is 1.29 bits per heavy atom. The summed E-state index contributed by atoms with van der Waals surface area (Å²) in [4.78, 5) is 4.28. The van der Waals surface area contributed by atoms with Crippen LogP contribution in [0.25, 0.3) is 0 Å². The number of halogens is 2. The first-order valence-corrected chi connectivity index (χ1v) is 12.9. The van der Waals surface area contributed by atoms with Crippen molar-refractivity contribution in [3.8, 4) is 0 Å². The van der Waals surface area contributed by atoms with E-state index < -0.39 is 24.2 Å². The van der Waals surface area contributed by atoms with Gasteiger partial charge >= 0.3 is 0 Å². The second kappa shape index (κ2) is 8.92. The third-order valence-corrected chi connectivity index (χ3v) is 11.9. The third kappa shape index (κ3) is 5.13. The van der Waals surface area contributed by atoms with Crippen LogP contribution in [0.4, 0.5) is 4.39 Å². The predicted octanol–water partition coefficient (Wildman–Crippen LogP) is 4.77. The molecule has 0 fully saturated rings. The Morgan fingerprint density at radius 2 is 1.83 bits per heavy atom. The van der Waals surface area contributed by atoms with Crippen molar-refractivity contribution < 1.29 is 8.94 Å². The molecule has 7 heteroatoms. The molecular weight excluding hydrogens is 407 g/mol. The van der Waals surface area contributed by atoms with Gasteiger partial charge in [-0.25, -0.2) is 9.37 Å². The van der Waals surface area contributed by atoms with Gasteiger partial charge in [-0.05, 0) is 48.0 Å². The van der Waals surface area contributed by atoms with Gasteiger partial charge in [0, 0.05) is 6.42 Å². The maximum Gasteiger partial charge on any atom is 0.144 e. The van der Waals surface area contributed by atoms with Crippen molar-refractivity contribution in [3.63, 3.8) is 0 Å². The van der Waals surface area contributed by atoms with E-state index in [2.05, 4.69) is 46.1 Å². The molecule has 0 amide bonds. The summed E-state index contributed by atoms with van der Waals surface area (Å²) >= 11 is 2.09. The van der Waals surface area contributed by atoms with Gasteiger partial charge in [0.05, 0.1) is 20.0 Å². The topological polar surface area (TPSA) is 48.3 Å². The summed E-state index contributed by atoms with van der Waals surface area (Å²) in [6.45, 7) is 12.0. The van der Waals surface area contributed by atoms with E-state index in [-0.39, 0.29) is 12.2 Å². The SMILES string of the molecule is CC[Si](CC)(CC)c1cc(Br)nc(C/C=N/[S@+]([O-])C(C)(C)C)c1F. The molecule has 0 spiro atoms. The first-order chi connectivity index (χ1) is 11.1. The van der Waals surface area contributed by atoms with Crippen LogP contribution < -0.4 is 5.19 Å². The predicted molar refractivity (Wildman–Crippen MR) is 109 cm³/mol. The Labute approximate surface area is 158 Å². The minimum absolute atomic E-state index is 0.205. The van der Waals surface area contributed by atoms with Crippen LogP contribution in [0.5, 0.6) is 0 Å². The van der Waals surface area contributed by atoms with Gasteiger partial charge in [0.15, 0.2) is 0 Å². The van der Waals surface area contributed by atoms with Crippen LogP contribution in [-0.4, -0.2) is 28.6 Å². The lowest BCUT2D eigenvalue weighted by atomic mass is 10.3. The van der Waals surface area contributed by atoms with Crippen LogP contribution in [0.15, 0.2) is 15.1 Å². The van der Waals surface area contributed by atoms with E-state index in [4.69, 9.17) is 0 Å². The number of rotatable bonds is 7. The molecule has 1 rings (SSSR count). The smallest absolute Gasteiger partial charge is 0.144 e. The molecule has 0 unspecified atom stereocenters. The van der Waals surface area contributed by atoms with Crippen molar-refractivity contribution in [2.45, 2.75) is 70.8 Å². The summed E-state index contributed by atoms with van der Waals surface area (Å²) in [6.07, 6.45) is 1.78. The zero-order valence-corrected chi connectivity index (χ0v) is 18.9. The molecule has 1 aromatic rings. The molecule has 0 aliphatic carbocycles. The highest BCUT2D eigenvalue weighted by molar-refractivity contribution is 9.10. The Bertz CT molecular complexity index is 580. The van der Waals surface area contributed by atoms with Crippen molar-refractivity contribution in [1.82, 2.24) is 4.98 Å². The zero-order valence-electron chi connectivity index (χ0n) is 15.4. The van der Waals surface area contributed by atoms with E-state index in [1.54, 1.807) is 0 Å². The standard InChI is InChI=1S/C17H28BrFN2OSSi/c1-7-24(8-2,9-3)14-12-15(18)21-13(16(14)19)10-11-20-23(22)17(4,5)6/h11-12H,7-10H2,1-6H3/b20-11+/t23-/m1/s1. The molecule has 0 aromatic carbocycles. The molecule has 0 saturated heterocycles. The van der Waals surface area contributed by atoms with Crippen LogP contribution >= 0.6 is 15.9 Å². The summed E-state index contributed by atoms with van der Waals surface area (Å²) in [5, 5.41) is 0.845. The van der Waals surface area contributed by atoms with Crippen molar-refractivity contribution >= 4 is 46.8 Å². The van der Waals surface area contributed by atoms with Crippen LogP contribution in [0.1, 0.15) is 47.2 Å². The average molecular weight is 435 g/mol. The number of pyridine rings is 1. The van der Waals surface area contributed by atoms with Gasteiger partial charge < -0.3 is 4.55 Å². The molecular formula is C17H28BrFN2OSSi. The van der Waals surface area contributed by atoms with Gasteiger partial charge in [-0.1, -0.05) is 43.3 Å². The van der Waals surface area contributed by atoms with Crippen molar-refractivity contribution in [1.29, 1.82) is 0 Å². The highest BCUT2D eigenvalue weighted by Crippen LogP contribution is 2.24. The van der Waals surface area contributed by atoms with Gasteiger partial charge in [0.2, 0.25) is 0 Å². The van der Waals surface area contributed by atoms with E-state index in [1.807, 2.05) is 26.8 Å². The van der Waals surface area contributed by atoms with Gasteiger partial charge in [0.25, 0.3) is 0 Å². The summed E-state index contributed by atoms with van der Waals surface area (Å²) in [7, 11) is -1.84. The zero-order chi connectivity index (χ0) is 18.5. The lowest BCUT2D eigenvalue weighted by molar-refractivity contribution is 0.561. The largest absolute Gasteiger partial charge is 0.591 e. The fraction of sp³-hybridized carbons (Fsp3) is 0.647. The first kappa shape index (κ1) is 21.8. The normalized spacial score (nSPS) is 14.4. The summed E-state index contributed by atoms with van der Waals surface area (Å²) in [5.41, 5.74) is 0.376. The van der Waals surface area contributed by atoms with Crippen molar-refractivity contribution in [2.75, 3.05) is 0 Å². The fourth-order valence-electron chi connectivity index (χ4n) is 2.74. The lowest BCUT2D eigenvalue weighted by Gasteiger charge is -2.29. The van der Waals surface area contributed by atoms with Gasteiger partial charge in [-0.3, -0.25) is 0 Å². The number of nitrogens with zero attached hydrogens (tertiary/aromatic N) is 2. The summed E-state index contributed by atoms with van der Waals surface area (Å²) < 4.78 is 31.3. The monoisotopic (exact) mass is 434 g/mol. The van der Waals surface area contributed by atoms with E-state index in [0.717, 1.165) is 23.3 Å². The Morgan fingerprint density at radius 3 is 2.29 bits per heavy atom. The molecule has 0 bridgehead atoms. The van der Waals surface area contributed by atoms with Crippen LogP contribution in [-0.2, 0) is 17.8 Å². The number of hydrogen-bond donors (Lipinski definition) is 0. The van der Waals surface area contributed by atoms with Gasteiger partial charge in [0.1, 0.15) is 26.5 Å². The van der Waals surface area contributed by atoms with Crippen molar-refractivity contribution in [2.24, 2.45) is 4.40 Å². The quantitative estimate of drug-likeness (QED) is 0.268. The van der Waals surface area contributed by atoms with E-state index >= 15 is 4.39 Å². The first-order valence-electron chi connectivity index (χ1n) is 8.41. The Balaban J connectivity index is 3.17. The molecule has 1 heterocycles. The molecule has 1 aromatic heterocycles. The van der Waals surface area contributed by atoms with Crippen LogP contribution in [0.2, 0.25) is 18.1 Å². The minimum Gasteiger partial charge on any atom is -0.591 e. The van der Waals surface area contributed by atoms with Gasteiger partial charge in [-0.15, -0.1) is 0 Å². The average Bonchev–Trinajstić information content (AvgIpc) is 2.52. The minimum atomic E-state index is -1.84. The fourth-order valence-corrected chi connectivity index (χ4v) is 7.62. The van der Waals surface area contributed by atoms with Crippen LogP contribution in [0.3, 0.4) is 0 Å². The molecule has 136 valence electrons. The van der Waals surface area contributed by atoms with E-state index in [0.29, 0.717) is 10.3 Å². The maximum atomic E-state index is 15.1. The second-order valence-electron chi connectivity index (χ2n) is 6.95. The Kier molecular flexibility index (Phi) is 8.10. The second-order valence-corrected chi connectivity index (χ2v) is 14.9. The van der Waals surface area contributed by atoms with E-state index in [9.17, 15) is 4.55 Å². The molecule has 24 heavy (non-hydrogen) atoms. The summed E-state index contributed by atoms with van der Waals surface area (Å²) in [6, 6.07) is 4.88. The van der Waals surface area contributed by atoms with Gasteiger partial charge in [-0.2, -0.15) is 0 Å². The molecule has 0 aliphatic rings. The highest BCUT2D eigenvalue weighted by atomic mass is 79.9. The lowest BCUT2D eigenvalue weighted by Crippen LogP contribution is -2.48. The molecule has 3 nitrogen and oxygen atoms in total. The summed E-state index contributed by atoms with van der Waals surface area (Å²) in [5.74, 6) is -0.205. The molecule has 0 N–H and O–H groups in total. The third-order valence-electron chi connectivity index (χ3n) is 4.58. The highest BCUT2D eigenvalue weighted by Gasteiger charge is 2.33. The number of aromatic nitrogens is 1.